The highest BCUT2D eigenvalue weighted by molar-refractivity contribution is 5.31. The largest absolute Gasteiger partial charge is 0.0838 e. The van der Waals surface area contributed by atoms with E-state index in [-0.39, 0.29) is 0 Å². The predicted octanol–water partition coefficient (Wildman–Crippen LogP) is 3.87. The van der Waals surface area contributed by atoms with Crippen LogP contribution in [-0.4, -0.2) is 0 Å². The van der Waals surface area contributed by atoms with Gasteiger partial charge in [-0.25, -0.2) is 0 Å². The molecule has 0 fully saturated rings. The van der Waals surface area contributed by atoms with E-state index in [1.165, 1.54) is 24.0 Å². The van der Waals surface area contributed by atoms with Gasteiger partial charge in [-0.1, -0.05) is 42.4 Å². The van der Waals surface area contributed by atoms with Crippen LogP contribution in [0.3, 0.4) is 0 Å². The highest BCUT2D eigenvalue weighted by Crippen LogP contribution is 2.39. The molecule has 0 aliphatic heterocycles. The maximum Gasteiger partial charge on any atom is 0.0181 e. The zero-order chi connectivity index (χ0) is 9.47. The predicted molar refractivity (Wildman–Crippen MR) is 57.5 cm³/mol. The van der Waals surface area contributed by atoms with Crippen LogP contribution >= 0.6 is 0 Å². The Morgan fingerprint density at radius 3 is 2.23 bits per heavy atom. The highest BCUT2D eigenvalue weighted by atomic mass is 14.3. The van der Waals surface area contributed by atoms with E-state index in [4.69, 9.17) is 0 Å². The van der Waals surface area contributed by atoms with Crippen LogP contribution in [-0.2, 0) is 0 Å². The van der Waals surface area contributed by atoms with Gasteiger partial charge in [-0.15, -0.1) is 0 Å². The summed E-state index contributed by atoms with van der Waals surface area (Å²) >= 11 is 0. The molecule has 2 aliphatic rings. The fraction of sp³-hybridized carbons (Fsp3) is 0.538. The van der Waals surface area contributed by atoms with Crippen LogP contribution in [0.5, 0.6) is 0 Å². The third-order valence-corrected chi connectivity index (χ3v) is 3.45. The van der Waals surface area contributed by atoms with Gasteiger partial charge in [0.05, 0.1) is 0 Å². The average Bonchev–Trinajstić information content (AvgIpc) is 2.32. The molecule has 0 spiro atoms. The summed E-state index contributed by atoms with van der Waals surface area (Å²) in [6.07, 6.45) is 12.0. The molecular weight excluding hydrogens is 156 g/mol. The monoisotopic (exact) mass is 174 g/mol. The van der Waals surface area contributed by atoms with Crippen LogP contribution in [0.15, 0.2) is 35.5 Å². The van der Waals surface area contributed by atoms with Crippen molar-refractivity contribution in [3.05, 3.63) is 35.5 Å². The first kappa shape index (κ1) is 8.80. The van der Waals surface area contributed by atoms with E-state index in [0.29, 0.717) is 11.3 Å². The van der Waals surface area contributed by atoms with Crippen LogP contribution < -0.4 is 0 Å². The Hall–Kier alpha value is -0.780. The number of fused-ring (bicyclic) bond motifs is 2. The molecule has 2 bridgehead atoms. The van der Waals surface area contributed by atoms with E-state index in [2.05, 4.69) is 45.1 Å². The Bertz CT molecular complexity index is 280. The summed E-state index contributed by atoms with van der Waals surface area (Å²) in [5, 5.41) is 0. The number of allylic oxidation sites excluding steroid dienone is 6. The summed E-state index contributed by atoms with van der Waals surface area (Å²) in [7, 11) is 0. The summed E-state index contributed by atoms with van der Waals surface area (Å²) in [5.74, 6) is 0.587. The minimum atomic E-state index is 0.383. The Kier molecular flexibility index (Phi) is 1.94. The van der Waals surface area contributed by atoms with E-state index in [1.807, 2.05) is 0 Å². The first-order valence-electron chi connectivity index (χ1n) is 5.13. The normalized spacial score (nSPS) is 37.9. The fourth-order valence-corrected chi connectivity index (χ4v) is 2.25. The molecule has 0 atom stereocenters. The Morgan fingerprint density at radius 2 is 1.69 bits per heavy atom. The van der Waals surface area contributed by atoms with E-state index >= 15 is 0 Å². The molecule has 0 radical (unpaired) electrons. The van der Waals surface area contributed by atoms with Crippen molar-refractivity contribution in [1.82, 2.24) is 0 Å². The molecule has 0 aromatic heterocycles. The molecule has 2 aliphatic carbocycles. The molecule has 0 heterocycles. The SMILES string of the molecule is CC1=CCC2(C)C=CC1C(C)=CC2. The van der Waals surface area contributed by atoms with Gasteiger partial charge in [-0.3, -0.25) is 0 Å². The molecule has 0 amide bonds. The van der Waals surface area contributed by atoms with Gasteiger partial charge in [0.2, 0.25) is 0 Å². The van der Waals surface area contributed by atoms with Gasteiger partial charge in [0.1, 0.15) is 0 Å². The van der Waals surface area contributed by atoms with Crippen molar-refractivity contribution in [1.29, 1.82) is 0 Å². The second-order valence-corrected chi connectivity index (χ2v) is 4.80. The van der Waals surface area contributed by atoms with Crippen molar-refractivity contribution in [2.24, 2.45) is 11.3 Å². The van der Waals surface area contributed by atoms with Gasteiger partial charge in [0, 0.05) is 5.92 Å². The van der Waals surface area contributed by atoms with Crippen molar-refractivity contribution in [3.8, 4) is 0 Å². The van der Waals surface area contributed by atoms with Gasteiger partial charge in [-0.05, 0) is 32.1 Å². The van der Waals surface area contributed by atoms with Crippen LogP contribution in [0.1, 0.15) is 33.6 Å². The average molecular weight is 174 g/mol. The lowest BCUT2D eigenvalue weighted by atomic mass is 9.82. The molecular formula is C13H18. The fourth-order valence-electron chi connectivity index (χ4n) is 2.25. The highest BCUT2D eigenvalue weighted by Gasteiger charge is 2.26. The minimum absolute atomic E-state index is 0.383. The molecule has 0 heteroatoms. The lowest BCUT2D eigenvalue weighted by Crippen LogP contribution is -2.10. The smallest absolute Gasteiger partial charge is 0.0181 e. The quantitative estimate of drug-likeness (QED) is 0.489. The lowest BCUT2D eigenvalue weighted by Gasteiger charge is -2.23. The molecule has 2 rings (SSSR count). The van der Waals surface area contributed by atoms with Crippen molar-refractivity contribution < 1.29 is 0 Å². The molecule has 0 aromatic carbocycles. The number of rotatable bonds is 0. The molecule has 13 heavy (non-hydrogen) atoms. The van der Waals surface area contributed by atoms with Crippen molar-refractivity contribution in [2.75, 3.05) is 0 Å². The van der Waals surface area contributed by atoms with Crippen LogP contribution in [0.25, 0.3) is 0 Å². The second-order valence-electron chi connectivity index (χ2n) is 4.80. The molecule has 0 aromatic rings. The number of hydrogen-bond acceptors (Lipinski definition) is 0. The third-order valence-electron chi connectivity index (χ3n) is 3.45. The van der Waals surface area contributed by atoms with Gasteiger partial charge in [0.25, 0.3) is 0 Å². The standard InChI is InChI=1S/C13H18/c1-10-4-7-13(3)8-5-11(2)12(10)6-9-13/h4-6,9,12H,7-8H2,1-3H3. The summed E-state index contributed by atoms with van der Waals surface area (Å²) in [6.45, 7) is 6.86. The van der Waals surface area contributed by atoms with Crippen molar-refractivity contribution in [2.45, 2.75) is 33.6 Å². The third kappa shape index (κ3) is 1.50. The zero-order valence-electron chi connectivity index (χ0n) is 8.80. The first-order chi connectivity index (χ1) is 6.11. The first-order valence-corrected chi connectivity index (χ1v) is 5.13. The molecule has 0 unspecified atom stereocenters. The Morgan fingerprint density at radius 1 is 1.15 bits per heavy atom. The van der Waals surface area contributed by atoms with Crippen LogP contribution in [0, 0.1) is 11.3 Å². The Balaban J connectivity index is 2.47. The van der Waals surface area contributed by atoms with E-state index < -0.39 is 0 Å². The molecule has 0 N–H and O–H groups in total. The van der Waals surface area contributed by atoms with Crippen molar-refractivity contribution in [3.63, 3.8) is 0 Å². The summed E-state index contributed by atoms with van der Waals surface area (Å²) in [5.41, 5.74) is 3.43. The van der Waals surface area contributed by atoms with Crippen LogP contribution in [0.4, 0.5) is 0 Å². The summed E-state index contributed by atoms with van der Waals surface area (Å²) in [4.78, 5) is 0. The van der Waals surface area contributed by atoms with E-state index in [9.17, 15) is 0 Å². The Labute approximate surface area is 81.0 Å². The molecule has 70 valence electrons. The molecule has 0 nitrogen and oxygen atoms in total. The number of hydrogen-bond donors (Lipinski definition) is 0. The second kappa shape index (κ2) is 2.87. The minimum Gasteiger partial charge on any atom is -0.0838 e. The van der Waals surface area contributed by atoms with Crippen LogP contribution in [0.2, 0.25) is 0 Å². The van der Waals surface area contributed by atoms with Gasteiger partial charge in [-0.2, -0.15) is 0 Å². The van der Waals surface area contributed by atoms with E-state index in [0.717, 1.165) is 0 Å². The summed E-state index contributed by atoms with van der Waals surface area (Å²) in [6, 6.07) is 0. The van der Waals surface area contributed by atoms with E-state index in [1.54, 1.807) is 0 Å². The van der Waals surface area contributed by atoms with Gasteiger partial charge in [0.15, 0.2) is 0 Å². The van der Waals surface area contributed by atoms with Gasteiger partial charge < -0.3 is 0 Å². The molecule has 0 saturated heterocycles. The topological polar surface area (TPSA) is 0 Å². The van der Waals surface area contributed by atoms with Crippen molar-refractivity contribution >= 4 is 0 Å². The maximum absolute atomic E-state index is 2.42. The molecule has 0 saturated carbocycles. The zero-order valence-corrected chi connectivity index (χ0v) is 8.80. The lowest BCUT2D eigenvalue weighted by molar-refractivity contribution is 0.440. The maximum atomic E-state index is 2.42. The summed E-state index contributed by atoms with van der Waals surface area (Å²) < 4.78 is 0. The van der Waals surface area contributed by atoms with Gasteiger partial charge >= 0.3 is 0 Å².